The Morgan fingerprint density at radius 3 is 2.52 bits per heavy atom. The number of aromatic nitrogens is 1. The van der Waals surface area contributed by atoms with Crippen LogP contribution >= 0.6 is 11.6 Å². The van der Waals surface area contributed by atoms with Gasteiger partial charge in [0, 0.05) is 10.6 Å². The largest absolute Gasteiger partial charge is 0.359 e. The highest BCUT2D eigenvalue weighted by atomic mass is 35.5. The molecular weight excluding hydrogens is 336 g/mol. The highest BCUT2D eigenvalue weighted by Crippen LogP contribution is 2.32. The van der Waals surface area contributed by atoms with Crippen molar-refractivity contribution in [3.63, 3.8) is 0 Å². The second-order valence-corrected chi connectivity index (χ2v) is 7.01. The number of nitrogens with zero attached hydrogens (tertiary/aromatic N) is 1. The summed E-state index contributed by atoms with van der Waals surface area (Å²) >= 11 is 5.99. The van der Waals surface area contributed by atoms with Crippen molar-refractivity contribution in [2.45, 2.75) is 11.8 Å². The standard InChI is InChI=1S/C16H13ClN2O3S/c1-11-15(19-23(20,21)14-8-3-2-4-9-14)16(18-22-11)12-6-5-7-13(17)10-12/h2-10,19H,1H3. The molecule has 0 unspecified atom stereocenters. The first-order valence-electron chi connectivity index (χ1n) is 6.77. The van der Waals surface area contributed by atoms with Crippen molar-refractivity contribution in [2.75, 3.05) is 4.72 Å². The maximum absolute atomic E-state index is 12.5. The SMILES string of the molecule is Cc1onc(-c2cccc(Cl)c2)c1NS(=O)(=O)c1ccccc1. The summed E-state index contributed by atoms with van der Waals surface area (Å²) in [6, 6.07) is 15.1. The Kier molecular flexibility index (Phi) is 4.11. The third-order valence-electron chi connectivity index (χ3n) is 3.25. The minimum Gasteiger partial charge on any atom is -0.359 e. The van der Waals surface area contributed by atoms with E-state index in [1.807, 2.05) is 0 Å². The van der Waals surface area contributed by atoms with Gasteiger partial charge in [-0.1, -0.05) is 47.1 Å². The molecule has 1 N–H and O–H groups in total. The molecule has 0 atom stereocenters. The maximum Gasteiger partial charge on any atom is 0.262 e. The number of sulfonamides is 1. The van der Waals surface area contributed by atoms with Gasteiger partial charge in [0.25, 0.3) is 10.0 Å². The highest BCUT2D eigenvalue weighted by Gasteiger charge is 2.21. The van der Waals surface area contributed by atoms with Gasteiger partial charge < -0.3 is 4.52 Å². The smallest absolute Gasteiger partial charge is 0.262 e. The monoisotopic (exact) mass is 348 g/mol. The molecule has 23 heavy (non-hydrogen) atoms. The van der Waals surface area contributed by atoms with Crippen molar-refractivity contribution in [1.82, 2.24) is 5.16 Å². The fraction of sp³-hybridized carbons (Fsp3) is 0.0625. The molecule has 0 aliphatic rings. The van der Waals surface area contributed by atoms with Gasteiger partial charge in [0.05, 0.1) is 4.90 Å². The molecule has 0 aliphatic heterocycles. The summed E-state index contributed by atoms with van der Waals surface area (Å²) in [7, 11) is -3.73. The molecule has 0 fully saturated rings. The van der Waals surface area contributed by atoms with Crippen LogP contribution in [0.2, 0.25) is 5.02 Å². The van der Waals surface area contributed by atoms with Gasteiger partial charge >= 0.3 is 0 Å². The van der Waals surface area contributed by atoms with E-state index in [-0.39, 0.29) is 4.90 Å². The van der Waals surface area contributed by atoms with E-state index in [1.165, 1.54) is 12.1 Å². The number of aryl methyl sites for hydroxylation is 1. The quantitative estimate of drug-likeness (QED) is 0.770. The van der Waals surface area contributed by atoms with Crippen molar-refractivity contribution in [1.29, 1.82) is 0 Å². The van der Waals surface area contributed by atoms with Crippen LogP contribution < -0.4 is 4.72 Å². The summed E-state index contributed by atoms with van der Waals surface area (Å²) in [5.74, 6) is 0.375. The van der Waals surface area contributed by atoms with E-state index in [9.17, 15) is 8.42 Å². The Morgan fingerprint density at radius 1 is 1.09 bits per heavy atom. The number of nitrogens with one attached hydrogen (secondary N) is 1. The first-order chi connectivity index (χ1) is 11.0. The van der Waals surface area contributed by atoms with E-state index >= 15 is 0 Å². The van der Waals surface area contributed by atoms with E-state index in [2.05, 4.69) is 9.88 Å². The average Bonchev–Trinajstić information content (AvgIpc) is 2.89. The molecular formula is C16H13ClN2O3S. The summed E-state index contributed by atoms with van der Waals surface area (Å²) in [4.78, 5) is 0.164. The molecule has 2 aromatic carbocycles. The fourth-order valence-electron chi connectivity index (χ4n) is 2.12. The van der Waals surface area contributed by atoms with Crippen molar-refractivity contribution < 1.29 is 12.9 Å². The molecule has 5 nitrogen and oxygen atoms in total. The third kappa shape index (κ3) is 3.23. The fourth-order valence-corrected chi connectivity index (χ4v) is 3.45. The lowest BCUT2D eigenvalue weighted by atomic mass is 10.1. The van der Waals surface area contributed by atoms with Crippen LogP contribution in [0.1, 0.15) is 5.76 Å². The van der Waals surface area contributed by atoms with Crippen LogP contribution in [-0.2, 0) is 10.0 Å². The Balaban J connectivity index is 2.03. The zero-order valence-corrected chi connectivity index (χ0v) is 13.7. The zero-order valence-electron chi connectivity index (χ0n) is 12.2. The molecule has 7 heteroatoms. The van der Waals surface area contributed by atoms with Gasteiger partial charge in [-0.25, -0.2) is 8.42 Å². The number of anilines is 1. The minimum absolute atomic E-state index is 0.164. The molecule has 0 bridgehead atoms. The summed E-state index contributed by atoms with van der Waals surface area (Å²) < 4.78 is 32.7. The number of rotatable bonds is 4. The molecule has 3 aromatic rings. The number of hydrogen-bond acceptors (Lipinski definition) is 4. The second-order valence-electron chi connectivity index (χ2n) is 4.89. The number of halogens is 1. The lowest BCUT2D eigenvalue weighted by Crippen LogP contribution is -2.13. The summed E-state index contributed by atoms with van der Waals surface area (Å²) in [6.07, 6.45) is 0. The van der Waals surface area contributed by atoms with Gasteiger partial charge in [-0.05, 0) is 31.2 Å². The molecule has 118 valence electrons. The number of benzene rings is 2. The van der Waals surface area contributed by atoms with Crippen molar-refractivity contribution >= 4 is 27.3 Å². The lowest BCUT2D eigenvalue weighted by Gasteiger charge is -2.08. The maximum atomic E-state index is 12.5. The second kappa shape index (κ2) is 6.06. The van der Waals surface area contributed by atoms with E-state index in [1.54, 1.807) is 49.4 Å². The van der Waals surface area contributed by atoms with Crippen LogP contribution in [0.15, 0.2) is 64.0 Å². The van der Waals surface area contributed by atoms with E-state index in [0.29, 0.717) is 27.7 Å². The molecule has 3 rings (SSSR count). The molecule has 0 amide bonds. The molecule has 0 radical (unpaired) electrons. The first kappa shape index (κ1) is 15.6. The van der Waals surface area contributed by atoms with Crippen LogP contribution in [0.3, 0.4) is 0 Å². The first-order valence-corrected chi connectivity index (χ1v) is 8.63. The predicted octanol–water partition coefficient (Wildman–Crippen LogP) is 4.10. The van der Waals surface area contributed by atoms with Crippen LogP contribution in [0.5, 0.6) is 0 Å². The Morgan fingerprint density at radius 2 is 1.83 bits per heavy atom. The van der Waals surface area contributed by atoms with Crippen molar-refractivity contribution in [3.05, 3.63) is 65.4 Å². The van der Waals surface area contributed by atoms with E-state index < -0.39 is 10.0 Å². The van der Waals surface area contributed by atoms with Crippen LogP contribution in [0.4, 0.5) is 5.69 Å². The Labute approximate surface area is 138 Å². The topological polar surface area (TPSA) is 72.2 Å². The zero-order chi connectivity index (χ0) is 16.4. The van der Waals surface area contributed by atoms with Gasteiger partial charge in [0.2, 0.25) is 0 Å². The van der Waals surface area contributed by atoms with Gasteiger partial charge in [-0.3, -0.25) is 4.72 Å². The molecule has 0 spiro atoms. The molecule has 0 aliphatic carbocycles. The Bertz CT molecular complexity index is 937. The van der Waals surface area contributed by atoms with Gasteiger partial charge in [0.15, 0.2) is 5.76 Å². The van der Waals surface area contributed by atoms with Crippen molar-refractivity contribution in [3.8, 4) is 11.3 Å². The normalized spacial score (nSPS) is 11.4. The molecule has 1 heterocycles. The Hall–Kier alpha value is -2.31. The summed E-state index contributed by atoms with van der Waals surface area (Å²) in [6.45, 7) is 1.64. The predicted molar refractivity (Wildman–Crippen MR) is 88.9 cm³/mol. The third-order valence-corrected chi connectivity index (χ3v) is 4.85. The number of hydrogen-bond donors (Lipinski definition) is 1. The average molecular weight is 349 g/mol. The van der Waals surface area contributed by atoms with Crippen LogP contribution in [0.25, 0.3) is 11.3 Å². The molecule has 0 saturated heterocycles. The van der Waals surface area contributed by atoms with Gasteiger partial charge in [-0.15, -0.1) is 0 Å². The molecule has 0 saturated carbocycles. The van der Waals surface area contributed by atoms with Crippen LogP contribution in [-0.4, -0.2) is 13.6 Å². The highest BCUT2D eigenvalue weighted by molar-refractivity contribution is 7.92. The molecule has 1 aromatic heterocycles. The minimum atomic E-state index is -3.73. The van der Waals surface area contributed by atoms with E-state index in [0.717, 1.165) is 0 Å². The van der Waals surface area contributed by atoms with Gasteiger partial charge in [-0.2, -0.15) is 0 Å². The summed E-state index contributed by atoms with van der Waals surface area (Å²) in [5.41, 5.74) is 1.36. The van der Waals surface area contributed by atoms with E-state index in [4.69, 9.17) is 16.1 Å². The van der Waals surface area contributed by atoms with Gasteiger partial charge in [0.1, 0.15) is 11.4 Å². The lowest BCUT2D eigenvalue weighted by molar-refractivity contribution is 0.400. The van der Waals surface area contributed by atoms with Crippen molar-refractivity contribution in [2.24, 2.45) is 0 Å². The van der Waals surface area contributed by atoms with Crippen LogP contribution in [0, 0.1) is 6.92 Å². The summed E-state index contributed by atoms with van der Waals surface area (Å²) in [5, 5.41) is 4.47.